The van der Waals surface area contributed by atoms with Gasteiger partial charge < -0.3 is 14.9 Å². The predicted molar refractivity (Wildman–Crippen MR) is 138 cm³/mol. The van der Waals surface area contributed by atoms with Crippen molar-refractivity contribution in [2.45, 2.75) is 4.90 Å². The largest absolute Gasteiger partial charge is 0.351 e. The Morgan fingerprint density at radius 1 is 0.974 bits per heavy atom. The molecule has 0 unspecified atom stereocenters. The molecule has 0 aliphatic rings. The number of aromatic nitrogens is 6. The molecule has 10 nitrogen and oxygen atoms in total. The van der Waals surface area contributed by atoms with Crippen molar-refractivity contribution in [1.29, 1.82) is 0 Å². The molecule has 0 spiro atoms. The quantitative estimate of drug-likeness (QED) is 0.283. The van der Waals surface area contributed by atoms with Crippen LogP contribution in [0.3, 0.4) is 0 Å². The molecular weight excluding hydrogens is 514 g/mol. The number of aryl methyl sites for hydroxylation is 1. The van der Waals surface area contributed by atoms with Crippen molar-refractivity contribution in [2.75, 3.05) is 10.0 Å². The van der Waals surface area contributed by atoms with E-state index < -0.39 is 33.0 Å². The van der Waals surface area contributed by atoms with E-state index in [-0.39, 0.29) is 10.7 Å². The lowest BCUT2D eigenvalue weighted by atomic mass is 10.1. The molecule has 0 saturated carbocycles. The van der Waals surface area contributed by atoms with Gasteiger partial charge in [-0.05, 0) is 42.5 Å². The van der Waals surface area contributed by atoms with Crippen LogP contribution in [0.2, 0.25) is 0 Å². The van der Waals surface area contributed by atoms with Gasteiger partial charge in [-0.1, -0.05) is 6.07 Å². The molecule has 0 radical (unpaired) electrons. The summed E-state index contributed by atoms with van der Waals surface area (Å²) in [6.45, 7) is 0. The Kier molecular flexibility index (Phi) is 5.49. The standard InChI is InChI=1S/C25H18F2N8O2S/c1-35-11-9-14-18(35)5-2-6-19(14)38(36,37)34-17-8-7-16(26)22(20(17)27)33-24-15(4-3-10-28-24)21-23-25(31-12-29-21)32-13-30-23/h2-13,34H,1H3,(H,28,33)(H,29,30,31,32). The van der Waals surface area contributed by atoms with Crippen molar-refractivity contribution in [1.82, 2.24) is 29.5 Å². The van der Waals surface area contributed by atoms with Crippen molar-refractivity contribution in [2.24, 2.45) is 7.05 Å². The van der Waals surface area contributed by atoms with Crippen molar-refractivity contribution in [3.8, 4) is 11.3 Å². The molecule has 4 heterocycles. The van der Waals surface area contributed by atoms with E-state index in [1.54, 1.807) is 48.1 Å². The van der Waals surface area contributed by atoms with Gasteiger partial charge in [0.1, 0.15) is 34.9 Å². The lowest BCUT2D eigenvalue weighted by Gasteiger charge is -2.15. The predicted octanol–water partition coefficient (Wildman–Crippen LogP) is 4.73. The summed E-state index contributed by atoms with van der Waals surface area (Å²) in [7, 11) is -2.43. The van der Waals surface area contributed by atoms with E-state index in [0.29, 0.717) is 33.3 Å². The van der Waals surface area contributed by atoms with Crippen LogP contribution in [0.15, 0.2) is 78.5 Å². The Balaban J connectivity index is 1.39. The van der Waals surface area contributed by atoms with Gasteiger partial charge in [0.15, 0.2) is 11.5 Å². The van der Waals surface area contributed by atoms with E-state index in [4.69, 9.17) is 0 Å². The molecule has 0 fully saturated rings. The number of aromatic amines is 1. The van der Waals surface area contributed by atoms with Crippen LogP contribution in [-0.2, 0) is 17.1 Å². The number of anilines is 3. The summed E-state index contributed by atoms with van der Waals surface area (Å²) in [4.78, 5) is 19.6. The summed E-state index contributed by atoms with van der Waals surface area (Å²) < 4.78 is 61.0. The Morgan fingerprint density at radius 2 is 1.84 bits per heavy atom. The fourth-order valence-electron chi connectivity index (χ4n) is 4.24. The molecule has 190 valence electrons. The van der Waals surface area contributed by atoms with E-state index in [1.807, 2.05) is 0 Å². The highest BCUT2D eigenvalue weighted by molar-refractivity contribution is 7.93. The van der Waals surface area contributed by atoms with Crippen LogP contribution in [0.4, 0.5) is 26.0 Å². The molecule has 0 atom stereocenters. The van der Waals surface area contributed by atoms with Crippen LogP contribution in [0, 0.1) is 11.6 Å². The highest BCUT2D eigenvalue weighted by Gasteiger charge is 2.23. The van der Waals surface area contributed by atoms with Crippen molar-refractivity contribution >= 4 is 49.3 Å². The summed E-state index contributed by atoms with van der Waals surface area (Å²) in [5.74, 6) is -1.99. The third kappa shape index (κ3) is 3.89. The zero-order valence-corrected chi connectivity index (χ0v) is 20.5. The third-order valence-corrected chi connectivity index (χ3v) is 7.47. The minimum atomic E-state index is -4.22. The van der Waals surface area contributed by atoms with Gasteiger partial charge in [0.25, 0.3) is 10.0 Å². The van der Waals surface area contributed by atoms with Crippen LogP contribution in [-0.4, -0.2) is 37.9 Å². The second kappa shape index (κ2) is 8.88. The second-order valence-electron chi connectivity index (χ2n) is 8.35. The van der Waals surface area contributed by atoms with Crippen molar-refractivity contribution in [3.63, 3.8) is 0 Å². The summed E-state index contributed by atoms with van der Waals surface area (Å²) in [6, 6.07) is 11.7. The van der Waals surface area contributed by atoms with Crippen LogP contribution in [0.1, 0.15) is 0 Å². The molecule has 0 aliphatic heterocycles. The Labute approximate surface area is 214 Å². The van der Waals surface area contributed by atoms with Gasteiger partial charge in [-0.3, -0.25) is 4.72 Å². The number of sulfonamides is 1. The highest BCUT2D eigenvalue weighted by atomic mass is 32.2. The molecule has 6 aromatic rings. The number of fused-ring (bicyclic) bond motifs is 2. The molecule has 0 amide bonds. The zero-order valence-electron chi connectivity index (χ0n) is 19.6. The number of hydrogen-bond donors (Lipinski definition) is 3. The molecule has 0 saturated heterocycles. The smallest absolute Gasteiger partial charge is 0.262 e. The molecule has 2 aromatic carbocycles. The van der Waals surface area contributed by atoms with Crippen LogP contribution in [0.25, 0.3) is 33.3 Å². The first-order valence-electron chi connectivity index (χ1n) is 11.2. The number of pyridine rings is 1. The monoisotopic (exact) mass is 532 g/mol. The highest BCUT2D eigenvalue weighted by Crippen LogP contribution is 2.35. The van der Waals surface area contributed by atoms with Gasteiger partial charge in [0.2, 0.25) is 0 Å². The lowest BCUT2D eigenvalue weighted by molar-refractivity contribution is 0.588. The summed E-state index contributed by atoms with van der Waals surface area (Å²) in [5.41, 5.74) is 1.43. The summed E-state index contributed by atoms with van der Waals surface area (Å²) in [6.07, 6.45) is 5.94. The van der Waals surface area contributed by atoms with Crippen molar-refractivity contribution in [3.05, 3.63) is 85.2 Å². The molecule has 6 rings (SSSR count). The van der Waals surface area contributed by atoms with E-state index in [0.717, 1.165) is 12.1 Å². The van der Waals surface area contributed by atoms with Crippen LogP contribution < -0.4 is 10.0 Å². The molecule has 3 N–H and O–H groups in total. The first kappa shape index (κ1) is 23.5. The molecule has 4 aromatic heterocycles. The number of nitrogens with one attached hydrogen (secondary N) is 3. The van der Waals surface area contributed by atoms with Crippen LogP contribution >= 0.6 is 0 Å². The minimum Gasteiger partial charge on any atom is -0.351 e. The maximum Gasteiger partial charge on any atom is 0.262 e. The number of halogens is 2. The van der Waals surface area contributed by atoms with Gasteiger partial charge >= 0.3 is 0 Å². The normalized spacial score (nSPS) is 11.8. The number of rotatable bonds is 6. The Hall–Kier alpha value is -4.91. The van der Waals surface area contributed by atoms with E-state index >= 15 is 4.39 Å². The summed E-state index contributed by atoms with van der Waals surface area (Å²) in [5, 5.41) is 3.14. The Morgan fingerprint density at radius 3 is 2.71 bits per heavy atom. The zero-order chi connectivity index (χ0) is 26.4. The van der Waals surface area contributed by atoms with E-state index in [2.05, 4.69) is 35.0 Å². The Bertz CT molecular complexity index is 1950. The average Bonchev–Trinajstić information content (AvgIpc) is 3.55. The topological polar surface area (TPSA) is 130 Å². The van der Waals surface area contributed by atoms with Gasteiger partial charge in [0, 0.05) is 35.9 Å². The fourth-order valence-corrected chi connectivity index (χ4v) is 5.51. The first-order valence-corrected chi connectivity index (χ1v) is 12.7. The van der Waals surface area contributed by atoms with Crippen molar-refractivity contribution < 1.29 is 17.2 Å². The average molecular weight is 533 g/mol. The first-order chi connectivity index (χ1) is 18.3. The van der Waals surface area contributed by atoms with Gasteiger partial charge in [-0.15, -0.1) is 0 Å². The van der Waals surface area contributed by atoms with Crippen LogP contribution in [0.5, 0.6) is 0 Å². The van der Waals surface area contributed by atoms with E-state index in [1.165, 1.54) is 24.9 Å². The number of imidazole rings is 1. The number of benzene rings is 2. The fraction of sp³-hybridized carbons (Fsp3) is 0.0400. The number of H-pyrrole nitrogens is 1. The number of hydrogen-bond acceptors (Lipinski definition) is 7. The second-order valence-corrected chi connectivity index (χ2v) is 10.0. The van der Waals surface area contributed by atoms with E-state index in [9.17, 15) is 12.8 Å². The molecule has 38 heavy (non-hydrogen) atoms. The SMILES string of the molecule is Cn1ccc2c(S(=O)(=O)Nc3ccc(F)c(Nc4ncccc4-c4ncnc5nc[nH]c45)c3F)cccc21. The lowest BCUT2D eigenvalue weighted by Crippen LogP contribution is -2.15. The van der Waals surface area contributed by atoms with Gasteiger partial charge in [-0.25, -0.2) is 37.1 Å². The molecular formula is C25H18F2N8O2S. The maximum absolute atomic E-state index is 15.6. The van der Waals surface area contributed by atoms with Gasteiger partial charge in [-0.2, -0.15) is 0 Å². The minimum absolute atomic E-state index is 0.0341. The molecule has 0 bridgehead atoms. The number of nitrogens with zero attached hydrogens (tertiary/aromatic N) is 5. The molecule has 13 heteroatoms. The summed E-state index contributed by atoms with van der Waals surface area (Å²) >= 11 is 0. The van der Waals surface area contributed by atoms with Gasteiger partial charge in [0.05, 0.1) is 16.9 Å². The third-order valence-electron chi connectivity index (χ3n) is 6.04. The molecule has 0 aliphatic carbocycles. The maximum atomic E-state index is 15.6.